The summed E-state index contributed by atoms with van der Waals surface area (Å²) in [6.07, 6.45) is 0.491. The van der Waals surface area contributed by atoms with E-state index in [4.69, 9.17) is 22.1 Å². The Morgan fingerprint density at radius 3 is 2.49 bits per heavy atom. The third kappa shape index (κ3) is 6.81. The molecule has 2 aromatic carbocycles. The summed E-state index contributed by atoms with van der Waals surface area (Å²) in [4.78, 5) is 39.2. The van der Waals surface area contributed by atoms with Gasteiger partial charge in [-0.15, -0.1) is 0 Å². The molecule has 10 heteroatoms. The number of nitrogens with two attached hydrogens (primary N) is 1. The van der Waals surface area contributed by atoms with Gasteiger partial charge in [-0.3, -0.25) is 19.1 Å². The summed E-state index contributed by atoms with van der Waals surface area (Å²) in [7, 11) is 1.76. The third-order valence-corrected chi connectivity index (χ3v) is 6.12. The number of nitrogens with zero attached hydrogens (tertiary/aromatic N) is 2. The summed E-state index contributed by atoms with van der Waals surface area (Å²) < 4.78 is 8.76. The number of hydrogen-bond donors (Lipinski definition) is 3. The van der Waals surface area contributed by atoms with Crippen LogP contribution in [0.4, 0.5) is 5.69 Å². The van der Waals surface area contributed by atoms with Crippen molar-refractivity contribution < 1.29 is 14.3 Å². The fourth-order valence-corrected chi connectivity index (χ4v) is 4.29. The molecule has 0 unspecified atom stereocenters. The van der Waals surface area contributed by atoms with E-state index in [1.807, 2.05) is 51.1 Å². The van der Waals surface area contributed by atoms with Crippen LogP contribution in [0.25, 0.3) is 5.69 Å². The van der Waals surface area contributed by atoms with Crippen molar-refractivity contribution in [3.8, 4) is 11.4 Å². The lowest BCUT2D eigenvalue weighted by atomic mass is 9.88. The minimum absolute atomic E-state index is 0.0723. The lowest BCUT2D eigenvalue weighted by molar-refractivity contribution is -0.118. The van der Waals surface area contributed by atoms with E-state index < -0.39 is 5.41 Å². The van der Waals surface area contributed by atoms with E-state index in [0.29, 0.717) is 47.3 Å². The highest BCUT2D eigenvalue weighted by Crippen LogP contribution is 2.25. The highest BCUT2D eigenvalue weighted by atomic mass is 35.5. The smallest absolute Gasteiger partial charge is 0.295 e. The third-order valence-electron chi connectivity index (χ3n) is 5.88. The fourth-order valence-electron chi connectivity index (χ4n) is 4.11. The van der Waals surface area contributed by atoms with E-state index >= 15 is 0 Å². The van der Waals surface area contributed by atoms with Gasteiger partial charge in [-0.25, -0.2) is 4.68 Å². The molecule has 0 spiro atoms. The summed E-state index contributed by atoms with van der Waals surface area (Å²) in [5.41, 5.74) is 6.71. The van der Waals surface area contributed by atoms with Crippen LogP contribution in [0.1, 0.15) is 43.2 Å². The zero-order valence-electron chi connectivity index (χ0n) is 21.6. The number of rotatable bonds is 11. The van der Waals surface area contributed by atoms with Crippen LogP contribution in [0.5, 0.6) is 5.75 Å². The SMILES string of the molecule is CCOc1ccc(Cl)cc1C(=O)NCC(C)(C)CC(=O)Nc1c(CCN)n(C)n(-c2ccccc2)c1=O. The number of carbonyl (C=O) groups is 2. The summed E-state index contributed by atoms with van der Waals surface area (Å²) in [5.74, 6) is -0.247. The zero-order valence-corrected chi connectivity index (χ0v) is 22.4. The topological polar surface area (TPSA) is 120 Å². The second kappa shape index (κ2) is 12.1. The minimum atomic E-state index is -0.606. The average molecular weight is 528 g/mol. The van der Waals surface area contributed by atoms with Gasteiger partial charge in [0, 0.05) is 31.5 Å². The molecule has 1 aromatic heterocycles. The maximum Gasteiger partial charge on any atom is 0.295 e. The number of amides is 2. The maximum atomic E-state index is 13.3. The van der Waals surface area contributed by atoms with Gasteiger partial charge in [0.25, 0.3) is 11.5 Å². The molecule has 198 valence electrons. The molecule has 0 aliphatic heterocycles. The highest BCUT2D eigenvalue weighted by molar-refractivity contribution is 6.31. The first-order valence-corrected chi connectivity index (χ1v) is 12.5. The van der Waals surface area contributed by atoms with Gasteiger partial charge >= 0.3 is 0 Å². The maximum absolute atomic E-state index is 13.3. The number of carbonyl (C=O) groups excluding carboxylic acids is 2. The molecule has 0 saturated heterocycles. The van der Waals surface area contributed by atoms with Gasteiger partial charge in [0.15, 0.2) is 0 Å². The second-order valence-corrected chi connectivity index (χ2v) is 9.92. The Labute approximate surface area is 221 Å². The molecule has 3 rings (SSSR count). The molecule has 9 nitrogen and oxygen atoms in total. The minimum Gasteiger partial charge on any atom is -0.493 e. The molecule has 37 heavy (non-hydrogen) atoms. The Hall–Kier alpha value is -3.56. The first-order chi connectivity index (χ1) is 17.6. The normalized spacial score (nSPS) is 11.3. The largest absolute Gasteiger partial charge is 0.493 e. The summed E-state index contributed by atoms with van der Waals surface area (Å²) in [5, 5.41) is 6.09. The van der Waals surface area contributed by atoms with Crippen LogP contribution in [-0.2, 0) is 18.3 Å². The van der Waals surface area contributed by atoms with E-state index in [2.05, 4.69) is 10.6 Å². The highest BCUT2D eigenvalue weighted by Gasteiger charge is 2.26. The van der Waals surface area contributed by atoms with Gasteiger partial charge in [-0.2, -0.15) is 0 Å². The Balaban J connectivity index is 1.73. The van der Waals surface area contributed by atoms with Crippen LogP contribution >= 0.6 is 11.6 Å². The van der Waals surface area contributed by atoms with Crippen molar-refractivity contribution in [1.29, 1.82) is 0 Å². The molecule has 0 bridgehead atoms. The predicted octanol–water partition coefficient (Wildman–Crippen LogP) is 3.51. The van der Waals surface area contributed by atoms with Gasteiger partial charge in [0.05, 0.1) is 23.6 Å². The molecule has 4 N–H and O–H groups in total. The number of aromatic nitrogens is 2. The molecule has 0 atom stereocenters. The van der Waals surface area contributed by atoms with Crippen LogP contribution < -0.4 is 26.7 Å². The summed E-state index contributed by atoms with van der Waals surface area (Å²) in [6, 6.07) is 14.1. The molecule has 1 heterocycles. The van der Waals surface area contributed by atoms with Crippen molar-refractivity contribution in [3.05, 3.63) is 75.2 Å². The number of nitrogens with one attached hydrogen (secondary N) is 2. The standard InChI is InChI=1S/C27H34ClN5O4/c1-5-37-22-12-11-18(28)15-20(22)25(35)30-17-27(2,3)16-23(34)31-24-21(13-14-29)32(4)33(26(24)36)19-9-7-6-8-10-19/h6-12,15H,5,13-14,16-17,29H2,1-4H3,(H,30,35)(H,31,34). The Morgan fingerprint density at radius 2 is 1.84 bits per heavy atom. The van der Waals surface area contributed by atoms with Crippen molar-refractivity contribution in [2.75, 3.05) is 25.0 Å². The van der Waals surface area contributed by atoms with Gasteiger partial charge in [0.1, 0.15) is 11.4 Å². The number of benzene rings is 2. The Kier molecular flexibility index (Phi) is 9.18. The second-order valence-electron chi connectivity index (χ2n) is 9.48. The van der Waals surface area contributed by atoms with Crippen LogP contribution in [-0.4, -0.2) is 40.9 Å². The zero-order chi connectivity index (χ0) is 27.2. The van der Waals surface area contributed by atoms with Crippen molar-refractivity contribution in [2.24, 2.45) is 18.2 Å². The van der Waals surface area contributed by atoms with Crippen molar-refractivity contribution >= 4 is 29.1 Å². The van der Waals surface area contributed by atoms with E-state index in [1.165, 1.54) is 4.68 Å². The van der Waals surface area contributed by atoms with Crippen LogP contribution in [0.2, 0.25) is 5.02 Å². The van der Waals surface area contributed by atoms with Crippen molar-refractivity contribution in [2.45, 2.75) is 33.6 Å². The Morgan fingerprint density at radius 1 is 1.14 bits per heavy atom. The molecule has 0 radical (unpaired) electrons. The van der Waals surface area contributed by atoms with Gasteiger partial charge in [-0.1, -0.05) is 43.6 Å². The predicted molar refractivity (Wildman–Crippen MR) is 146 cm³/mol. The molecule has 0 aliphatic rings. The van der Waals surface area contributed by atoms with E-state index in [9.17, 15) is 14.4 Å². The average Bonchev–Trinajstić information content (AvgIpc) is 3.08. The van der Waals surface area contributed by atoms with Gasteiger partial charge < -0.3 is 21.1 Å². The van der Waals surface area contributed by atoms with Gasteiger partial charge in [-0.05, 0) is 49.2 Å². The lowest BCUT2D eigenvalue weighted by Crippen LogP contribution is -2.37. The first-order valence-electron chi connectivity index (χ1n) is 12.1. The molecule has 2 amide bonds. The lowest BCUT2D eigenvalue weighted by Gasteiger charge is -2.24. The summed E-state index contributed by atoms with van der Waals surface area (Å²) in [6.45, 7) is 6.50. The quantitative estimate of drug-likeness (QED) is 0.352. The molecule has 0 fully saturated rings. The van der Waals surface area contributed by atoms with Crippen molar-refractivity contribution in [3.63, 3.8) is 0 Å². The summed E-state index contributed by atoms with van der Waals surface area (Å²) >= 11 is 6.07. The monoisotopic (exact) mass is 527 g/mol. The van der Waals surface area contributed by atoms with E-state index in [0.717, 1.165) is 0 Å². The van der Waals surface area contributed by atoms with Crippen LogP contribution in [0.3, 0.4) is 0 Å². The number of hydrogen-bond acceptors (Lipinski definition) is 5. The van der Waals surface area contributed by atoms with Crippen LogP contribution in [0.15, 0.2) is 53.3 Å². The number of ether oxygens (including phenoxy) is 1. The Bertz CT molecular complexity index is 1310. The van der Waals surface area contributed by atoms with E-state index in [1.54, 1.807) is 29.9 Å². The molecule has 3 aromatic rings. The van der Waals surface area contributed by atoms with Crippen LogP contribution in [0, 0.1) is 5.41 Å². The number of anilines is 1. The van der Waals surface area contributed by atoms with E-state index in [-0.39, 0.29) is 36.0 Å². The van der Waals surface area contributed by atoms with Gasteiger partial charge in [0.2, 0.25) is 5.91 Å². The molecular formula is C27H34ClN5O4. The first kappa shape index (κ1) is 28.0. The fraction of sp³-hybridized carbons (Fsp3) is 0.370. The molecule has 0 saturated carbocycles. The van der Waals surface area contributed by atoms with Crippen molar-refractivity contribution in [1.82, 2.24) is 14.7 Å². The number of para-hydroxylation sites is 1. The molecular weight excluding hydrogens is 494 g/mol. The number of halogens is 1. The molecule has 0 aliphatic carbocycles.